The summed E-state index contributed by atoms with van der Waals surface area (Å²) >= 11 is 3.43. The molecule has 0 atom stereocenters. The number of rotatable bonds is 4. The van der Waals surface area contributed by atoms with Crippen LogP contribution in [0.2, 0.25) is 0 Å². The van der Waals surface area contributed by atoms with Gasteiger partial charge in [0.25, 0.3) is 0 Å². The lowest BCUT2D eigenvalue weighted by molar-refractivity contribution is 0.521. The third kappa shape index (κ3) is 3.37. The Kier molecular flexibility index (Phi) is 4.55. The molecule has 2 aromatic rings. The van der Waals surface area contributed by atoms with E-state index in [0.29, 0.717) is 11.4 Å². The molecule has 3 N–H and O–H groups in total. The third-order valence-corrected chi connectivity index (χ3v) is 5.45. The Morgan fingerprint density at radius 3 is 2.38 bits per heavy atom. The van der Waals surface area contributed by atoms with Gasteiger partial charge in [-0.15, -0.1) is 0 Å². The summed E-state index contributed by atoms with van der Waals surface area (Å²) in [5.74, 6) is 0. The molecule has 0 aromatic heterocycles. The summed E-state index contributed by atoms with van der Waals surface area (Å²) in [4.78, 5) is 0.191. The highest BCUT2D eigenvalue weighted by Gasteiger charge is 2.18. The Morgan fingerprint density at radius 2 is 1.76 bits per heavy atom. The number of anilines is 3. The van der Waals surface area contributed by atoms with E-state index < -0.39 is 10.0 Å². The smallest absolute Gasteiger partial charge is 0.242 e. The average Bonchev–Trinajstić information content (AvgIpc) is 2.43. The van der Waals surface area contributed by atoms with Crippen LogP contribution < -0.4 is 11.1 Å². The van der Waals surface area contributed by atoms with Crippen LogP contribution in [-0.2, 0) is 10.0 Å². The highest BCUT2D eigenvalue weighted by atomic mass is 79.9. The number of benzene rings is 2. The van der Waals surface area contributed by atoms with Crippen LogP contribution >= 0.6 is 15.9 Å². The SMILES string of the molecule is CN(C)S(=O)(=O)c1ccc(N)c(Nc2ccccc2Br)c1. The summed E-state index contributed by atoms with van der Waals surface area (Å²) < 4.78 is 26.4. The molecule has 21 heavy (non-hydrogen) atoms. The first-order valence-corrected chi connectivity index (χ1v) is 8.39. The summed E-state index contributed by atoms with van der Waals surface area (Å²) in [7, 11) is -0.507. The van der Waals surface area contributed by atoms with Crippen LogP contribution in [0.1, 0.15) is 0 Å². The van der Waals surface area contributed by atoms with Crippen molar-refractivity contribution in [3.63, 3.8) is 0 Å². The van der Waals surface area contributed by atoms with Crippen LogP contribution in [0, 0.1) is 0 Å². The molecule has 5 nitrogen and oxygen atoms in total. The lowest BCUT2D eigenvalue weighted by Gasteiger charge is -2.15. The van der Waals surface area contributed by atoms with Gasteiger partial charge in [0.15, 0.2) is 0 Å². The van der Waals surface area contributed by atoms with Gasteiger partial charge < -0.3 is 11.1 Å². The molecule has 0 bridgehead atoms. The van der Waals surface area contributed by atoms with Gasteiger partial charge in [-0.3, -0.25) is 0 Å². The molecule has 0 unspecified atom stereocenters. The first-order valence-electron chi connectivity index (χ1n) is 6.16. The first-order chi connectivity index (χ1) is 9.82. The number of nitrogens with two attached hydrogens (primary N) is 1. The Bertz CT molecular complexity index is 761. The zero-order valence-electron chi connectivity index (χ0n) is 11.7. The number of hydrogen-bond acceptors (Lipinski definition) is 4. The number of halogens is 1. The Balaban J connectivity index is 2.44. The van der Waals surface area contributed by atoms with E-state index in [1.807, 2.05) is 24.3 Å². The summed E-state index contributed by atoms with van der Waals surface area (Å²) in [6.07, 6.45) is 0. The normalized spacial score (nSPS) is 11.6. The predicted molar refractivity (Wildman–Crippen MR) is 89.2 cm³/mol. The summed E-state index contributed by atoms with van der Waals surface area (Å²) in [6, 6.07) is 12.1. The second-order valence-electron chi connectivity index (χ2n) is 4.64. The second-order valence-corrected chi connectivity index (χ2v) is 7.65. The van der Waals surface area contributed by atoms with Crippen molar-refractivity contribution in [1.29, 1.82) is 0 Å². The van der Waals surface area contributed by atoms with Gasteiger partial charge >= 0.3 is 0 Å². The molecule has 112 valence electrons. The van der Waals surface area contributed by atoms with E-state index in [4.69, 9.17) is 5.73 Å². The molecular formula is C14H16BrN3O2S. The van der Waals surface area contributed by atoms with E-state index in [0.717, 1.165) is 10.2 Å². The fourth-order valence-corrected chi connectivity index (χ4v) is 3.03. The maximum atomic E-state index is 12.2. The van der Waals surface area contributed by atoms with Gasteiger partial charge in [-0.1, -0.05) is 12.1 Å². The van der Waals surface area contributed by atoms with E-state index in [9.17, 15) is 8.42 Å². The van der Waals surface area contributed by atoms with Gasteiger partial charge in [0.05, 0.1) is 22.0 Å². The van der Waals surface area contributed by atoms with Gasteiger partial charge in [-0.25, -0.2) is 12.7 Å². The van der Waals surface area contributed by atoms with Crippen molar-refractivity contribution in [1.82, 2.24) is 4.31 Å². The van der Waals surface area contributed by atoms with E-state index in [1.165, 1.54) is 30.5 Å². The Labute approximate surface area is 132 Å². The molecule has 0 radical (unpaired) electrons. The Hall–Kier alpha value is -1.57. The molecule has 0 aliphatic rings. The fourth-order valence-electron chi connectivity index (χ4n) is 1.72. The van der Waals surface area contributed by atoms with Crippen molar-refractivity contribution in [2.75, 3.05) is 25.1 Å². The lowest BCUT2D eigenvalue weighted by atomic mass is 10.2. The molecular weight excluding hydrogens is 354 g/mol. The van der Waals surface area contributed by atoms with Gasteiger partial charge in [0, 0.05) is 18.6 Å². The third-order valence-electron chi connectivity index (χ3n) is 2.95. The molecule has 0 fully saturated rings. The molecule has 0 saturated carbocycles. The quantitative estimate of drug-likeness (QED) is 0.812. The topological polar surface area (TPSA) is 75.4 Å². The predicted octanol–water partition coefficient (Wildman–Crippen LogP) is 3.03. The van der Waals surface area contributed by atoms with Crippen LogP contribution in [0.4, 0.5) is 17.1 Å². The van der Waals surface area contributed by atoms with E-state index >= 15 is 0 Å². The number of nitrogen functional groups attached to an aromatic ring is 1. The van der Waals surface area contributed by atoms with Crippen molar-refractivity contribution < 1.29 is 8.42 Å². The molecule has 0 spiro atoms. The van der Waals surface area contributed by atoms with Crippen LogP contribution in [0.15, 0.2) is 51.8 Å². The highest BCUT2D eigenvalue weighted by molar-refractivity contribution is 9.10. The number of hydrogen-bond donors (Lipinski definition) is 2. The molecule has 2 aromatic carbocycles. The van der Waals surface area contributed by atoms with Crippen LogP contribution in [0.25, 0.3) is 0 Å². The summed E-state index contributed by atoms with van der Waals surface area (Å²) in [6.45, 7) is 0. The number of para-hydroxylation sites is 1. The van der Waals surface area contributed by atoms with E-state index in [2.05, 4.69) is 21.2 Å². The van der Waals surface area contributed by atoms with Crippen molar-refractivity contribution in [3.8, 4) is 0 Å². The highest BCUT2D eigenvalue weighted by Crippen LogP contribution is 2.30. The van der Waals surface area contributed by atoms with Gasteiger partial charge in [0.2, 0.25) is 10.0 Å². The van der Waals surface area contributed by atoms with Gasteiger partial charge in [-0.05, 0) is 46.3 Å². The summed E-state index contributed by atoms with van der Waals surface area (Å²) in [5.41, 5.74) is 7.75. The first kappa shape index (κ1) is 15.8. The monoisotopic (exact) mass is 369 g/mol. The number of nitrogens with zero attached hydrogens (tertiary/aromatic N) is 1. The zero-order chi connectivity index (χ0) is 15.6. The van der Waals surface area contributed by atoms with Gasteiger partial charge in [-0.2, -0.15) is 0 Å². The minimum Gasteiger partial charge on any atom is -0.397 e. The minimum atomic E-state index is -3.49. The average molecular weight is 370 g/mol. The molecule has 0 aliphatic heterocycles. The van der Waals surface area contributed by atoms with Crippen molar-refractivity contribution in [2.24, 2.45) is 0 Å². The maximum Gasteiger partial charge on any atom is 0.242 e. The lowest BCUT2D eigenvalue weighted by Crippen LogP contribution is -2.22. The molecule has 0 amide bonds. The maximum absolute atomic E-state index is 12.2. The van der Waals surface area contributed by atoms with Crippen LogP contribution in [0.5, 0.6) is 0 Å². The fraction of sp³-hybridized carbons (Fsp3) is 0.143. The van der Waals surface area contributed by atoms with Crippen LogP contribution in [0.3, 0.4) is 0 Å². The number of nitrogens with one attached hydrogen (secondary N) is 1. The molecule has 0 saturated heterocycles. The Morgan fingerprint density at radius 1 is 1.10 bits per heavy atom. The van der Waals surface area contributed by atoms with Crippen molar-refractivity contribution in [3.05, 3.63) is 46.9 Å². The zero-order valence-corrected chi connectivity index (χ0v) is 14.1. The largest absolute Gasteiger partial charge is 0.397 e. The standard InChI is InChI=1S/C14H16BrN3O2S/c1-18(2)21(19,20)10-7-8-12(16)14(9-10)17-13-6-4-3-5-11(13)15/h3-9,17H,16H2,1-2H3. The van der Waals surface area contributed by atoms with Gasteiger partial charge in [0.1, 0.15) is 0 Å². The summed E-state index contributed by atoms with van der Waals surface area (Å²) in [5, 5.41) is 3.14. The molecule has 2 rings (SSSR count). The molecule has 0 aliphatic carbocycles. The molecule has 7 heteroatoms. The van der Waals surface area contributed by atoms with Crippen molar-refractivity contribution >= 4 is 43.0 Å². The van der Waals surface area contributed by atoms with Crippen LogP contribution in [-0.4, -0.2) is 26.8 Å². The van der Waals surface area contributed by atoms with Crippen molar-refractivity contribution in [2.45, 2.75) is 4.90 Å². The van der Waals surface area contributed by atoms with E-state index in [1.54, 1.807) is 6.07 Å². The minimum absolute atomic E-state index is 0.191. The number of sulfonamides is 1. The molecule has 0 heterocycles. The van der Waals surface area contributed by atoms with E-state index in [-0.39, 0.29) is 4.90 Å². The second kappa shape index (κ2) is 6.05.